The van der Waals surface area contributed by atoms with E-state index < -0.39 is 0 Å². The van der Waals surface area contributed by atoms with E-state index in [9.17, 15) is 9.18 Å². The highest BCUT2D eigenvalue weighted by Gasteiger charge is 2.26. The molecule has 1 heterocycles. The van der Waals surface area contributed by atoms with Gasteiger partial charge in [0.15, 0.2) is 0 Å². The van der Waals surface area contributed by atoms with Crippen LogP contribution in [0.5, 0.6) is 0 Å². The minimum Gasteiger partial charge on any atom is -0.336 e. The van der Waals surface area contributed by atoms with Crippen molar-refractivity contribution in [1.82, 2.24) is 10.2 Å². The van der Waals surface area contributed by atoms with Crippen molar-refractivity contribution in [1.29, 1.82) is 0 Å². The number of hydrogen-bond donors (Lipinski definition) is 1. The van der Waals surface area contributed by atoms with Crippen LogP contribution in [0.25, 0.3) is 0 Å². The second kappa shape index (κ2) is 5.27. The Labute approximate surface area is 101 Å². The standard InChI is InChI=1S/C13H17FN2O/c1-2-12-13(17)16(8-7-15-12)9-10-3-5-11(14)6-4-10/h3-6,12,15H,2,7-9H2,1H3. The van der Waals surface area contributed by atoms with Gasteiger partial charge in [0.1, 0.15) is 5.82 Å². The highest BCUT2D eigenvalue weighted by atomic mass is 19.1. The first-order chi connectivity index (χ1) is 8.20. The summed E-state index contributed by atoms with van der Waals surface area (Å²) in [6.45, 7) is 4.10. The molecular formula is C13H17FN2O. The fraction of sp³-hybridized carbons (Fsp3) is 0.462. The third-order valence-corrected chi connectivity index (χ3v) is 3.08. The number of piperazine rings is 1. The van der Waals surface area contributed by atoms with Crippen LogP contribution in [0.15, 0.2) is 24.3 Å². The van der Waals surface area contributed by atoms with E-state index in [1.54, 1.807) is 12.1 Å². The lowest BCUT2D eigenvalue weighted by Crippen LogP contribution is -2.54. The summed E-state index contributed by atoms with van der Waals surface area (Å²) in [4.78, 5) is 13.8. The molecule has 17 heavy (non-hydrogen) atoms. The topological polar surface area (TPSA) is 32.3 Å². The first-order valence-electron chi connectivity index (χ1n) is 5.97. The summed E-state index contributed by atoms with van der Waals surface area (Å²) in [6.07, 6.45) is 0.804. The average Bonchev–Trinajstić information content (AvgIpc) is 2.35. The summed E-state index contributed by atoms with van der Waals surface area (Å²) < 4.78 is 12.8. The molecule has 2 rings (SSSR count). The van der Waals surface area contributed by atoms with Crippen LogP contribution in [0.4, 0.5) is 4.39 Å². The average molecular weight is 236 g/mol. The van der Waals surface area contributed by atoms with Crippen molar-refractivity contribution in [3.05, 3.63) is 35.6 Å². The maximum Gasteiger partial charge on any atom is 0.240 e. The molecule has 1 aliphatic heterocycles. The third kappa shape index (κ3) is 2.82. The number of halogens is 1. The largest absolute Gasteiger partial charge is 0.336 e. The molecule has 92 valence electrons. The molecule has 1 saturated heterocycles. The molecule has 1 fully saturated rings. The van der Waals surface area contributed by atoms with Gasteiger partial charge in [0, 0.05) is 19.6 Å². The predicted octanol–water partition coefficient (Wildman–Crippen LogP) is 1.54. The van der Waals surface area contributed by atoms with E-state index in [2.05, 4.69) is 5.32 Å². The molecule has 1 aliphatic rings. The van der Waals surface area contributed by atoms with Crippen LogP contribution < -0.4 is 5.32 Å². The monoisotopic (exact) mass is 236 g/mol. The Morgan fingerprint density at radius 3 is 2.76 bits per heavy atom. The number of benzene rings is 1. The first-order valence-corrected chi connectivity index (χ1v) is 5.97. The smallest absolute Gasteiger partial charge is 0.240 e. The van der Waals surface area contributed by atoms with E-state index in [-0.39, 0.29) is 17.8 Å². The minimum absolute atomic E-state index is 0.0656. The summed E-state index contributed by atoms with van der Waals surface area (Å²) in [5.41, 5.74) is 0.969. The quantitative estimate of drug-likeness (QED) is 0.863. The number of nitrogens with zero attached hydrogens (tertiary/aromatic N) is 1. The molecule has 1 atom stereocenters. The van der Waals surface area contributed by atoms with Gasteiger partial charge in [0.2, 0.25) is 5.91 Å². The molecule has 4 heteroatoms. The van der Waals surface area contributed by atoms with Gasteiger partial charge in [-0.25, -0.2) is 4.39 Å². The van der Waals surface area contributed by atoms with E-state index in [0.717, 1.165) is 18.5 Å². The zero-order chi connectivity index (χ0) is 12.3. The van der Waals surface area contributed by atoms with Gasteiger partial charge < -0.3 is 10.2 Å². The number of carbonyl (C=O) groups excluding carboxylic acids is 1. The molecule has 0 radical (unpaired) electrons. The Kier molecular flexibility index (Phi) is 3.74. The third-order valence-electron chi connectivity index (χ3n) is 3.08. The number of carbonyl (C=O) groups is 1. The summed E-state index contributed by atoms with van der Waals surface area (Å²) in [7, 11) is 0. The van der Waals surface area contributed by atoms with Crippen molar-refractivity contribution < 1.29 is 9.18 Å². The lowest BCUT2D eigenvalue weighted by atomic mass is 10.1. The van der Waals surface area contributed by atoms with E-state index in [0.29, 0.717) is 13.1 Å². The summed E-state index contributed by atoms with van der Waals surface area (Å²) in [5, 5.41) is 3.19. The maximum absolute atomic E-state index is 12.8. The Balaban J connectivity index is 2.02. The van der Waals surface area contributed by atoms with Crippen LogP contribution in [0.2, 0.25) is 0 Å². The van der Waals surface area contributed by atoms with E-state index in [1.807, 2.05) is 11.8 Å². The molecule has 0 spiro atoms. The normalized spacial score (nSPS) is 20.7. The van der Waals surface area contributed by atoms with Crippen LogP contribution in [0, 0.1) is 5.82 Å². The SMILES string of the molecule is CCC1NCCN(Cc2ccc(F)cc2)C1=O. The molecule has 0 bridgehead atoms. The fourth-order valence-corrected chi connectivity index (χ4v) is 2.08. The molecule has 1 amide bonds. The van der Waals surface area contributed by atoms with Crippen LogP contribution in [-0.4, -0.2) is 29.9 Å². The van der Waals surface area contributed by atoms with Gasteiger partial charge in [-0.05, 0) is 24.1 Å². The zero-order valence-electron chi connectivity index (χ0n) is 9.95. The Morgan fingerprint density at radius 2 is 2.12 bits per heavy atom. The first kappa shape index (κ1) is 12.0. The van der Waals surface area contributed by atoms with Gasteiger partial charge in [-0.1, -0.05) is 19.1 Å². The molecule has 0 saturated carbocycles. The molecule has 1 N–H and O–H groups in total. The second-order valence-corrected chi connectivity index (χ2v) is 4.30. The molecular weight excluding hydrogens is 219 g/mol. The summed E-state index contributed by atoms with van der Waals surface area (Å²) >= 11 is 0. The van der Waals surface area contributed by atoms with Crippen molar-refractivity contribution in [3.63, 3.8) is 0 Å². The van der Waals surface area contributed by atoms with Crippen LogP contribution in [0.3, 0.4) is 0 Å². The van der Waals surface area contributed by atoms with E-state index in [1.165, 1.54) is 12.1 Å². The van der Waals surface area contributed by atoms with Crippen molar-refractivity contribution in [2.75, 3.05) is 13.1 Å². The van der Waals surface area contributed by atoms with Gasteiger partial charge in [-0.15, -0.1) is 0 Å². The number of nitrogens with one attached hydrogen (secondary N) is 1. The highest BCUT2D eigenvalue weighted by Crippen LogP contribution is 2.11. The van der Waals surface area contributed by atoms with Crippen molar-refractivity contribution in [2.45, 2.75) is 25.9 Å². The molecule has 1 aromatic carbocycles. The maximum atomic E-state index is 12.8. The van der Waals surface area contributed by atoms with Gasteiger partial charge in [-0.3, -0.25) is 4.79 Å². The lowest BCUT2D eigenvalue weighted by molar-refractivity contribution is -0.136. The van der Waals surface area contributed by atoms with E-state index in [4.69, 9.17) is 0 Å². The van der Waals surface area contributed by atoms with Gasteiger partial charge >= 0.3 is 0 Å². The second-order valence-electron chi connectivity index (χ2n) is 4.30. The van der Waals surface area contributed by atoms with Crippen molar-refractivity contribution >= 4 is 5.91 Å². The number of amides is 1. The minimum atomic E-state index is -0.244. The highest BCUT2D eigenvalue weighted by molar-refractivity contribution is 5.82. The lowest BCUT2D eigenvalue weighted by Gasteiger charge is -2.32. The van der Waals surface area contributed by atoms with Gasteiger partial charge in [0.25, 0.3) is 0 Å². The molecule has 3 nitrogen and oxygen atoms in total. The summed E-state index contributed by atoms with van der Waals surface area (Å²) in [5.74, 6) is -0.102. The Bertz CT molecular complexity index is 391. The van der Waals surface area contributed by atoms with Crippen molar-refractivity contribution in [2.24, 2.45) is 0 Å². The van der Waals surface area contributed by atoms with Crippen LogP contribution in [-0.2, 0) is 11.3 Å². The molecule has 0 aromatic heterocycles. The molecule has 1 aromatic rings. The van der Waals surface area contributed by atoms with Crippen LogP contribution in [0.1, 0.15) is 18.9 Å². The van der Waals surface area contributed by atoms with Gasteiger partial charge in [-0.2, -0.15) is 0 Å². The molecule has 1 unspecified atom stereocenters. The number of rotatable bonds is 3. The number of hydrogen-bond acceptors (Lipinski definition) is 2. The Hall–Kier alpha value is -1.42. The van der Waals surface area contributed by atoms with Crippen molar-refractivity contribution in [3.8, 4) is 0 Å². The van der Waals surface area contributed by atoms with Gasteiger partial charge in [0.05, 0.1) is 6.04 Å². The summed E-state index contributed by atoms with van der Waals surface area (Å²) in [6, 6.07) is 6.25. The Morgan fingerprint density at radius 1 is 1.41 bits per heavy atom. The van der Waals surface area contributed by atoms with E-state index >= 15 is 0 Å². The van der Waals surface area contributed by atoms with Crippen LogP contribution >= 0.6 is 0 Å². The fourth-order valence-electron chi connectivity index (χ4n) is 2.08. The predicted molar refractivity (Wildman–Crippen MR) is 63.9 cm³/mol. The zero-order valence-corrected chi connectivity index (χ0v) is 9.95. The molecule has 0 aliphatic carbocycles.